The second-order valence-corrected chi connectivity index (χ2v) is 8.43. The van der Waals surface area contributed by atoms with Crippen LogP contribution in [-0.4, -0.2) is 10.9 Å². The minimum atomic E-state index is 0.144. The highest BCUT2D eigenvalue weighted by atomic mass is 32.1. The minimum Gasteiger partial charge on any atom is -0.332 e. The molecule has 138 valence electrons. The van der Waals surface area contributed by atoms with Crippen molar-refractivity contribution in [3.05, 3.63) is 54.1 Å². The number of thiazole rings is 1. The smallest absolute Gasteiger partial charge is 0.237 e. The van der Waals surface area contributed by atoms with Gasteiger partial charge in [-0.3, -0.25) is 10.2 Å². The fourth-order valence-corrected chi connectivity index (χ4v) is 5.27. The highest BCUT2D eigenvalue weighted by molar-refractivity contribution is 7.22. The fourth-order valence-electron chi connectivity index (χ4n) is 4.39. The van der Waals surface area contributed by atoms with Gasteiger partial charge in [0.15, 0.2) is 5.13 Å². The first kappa shape index (κ1) is 16.7. The third-order valence-corrected chi connectivity index (χ3v) is 6.70. The molecule has 0 radical (unpaired) electrons. The molecule has 2 aromatic carbocycles. The zero-order valence-corrected chi connectivity index (χ0v) is 15.8. The Morgan fingerprint density at radius 1 is 1.04 bits per heavy atom. The highest BCUT2D eigenvalue weighted by Gasteiger charge is 2.40. The van der Waals surface area contributed by atoms with Crippen molar-refractivity contribution in [3.8, 4) is 0 Å². The first-order chi connectivity index (χ1) is 13.3. The maximum Gasteiger partial charge on any atom is 0.237 e. The summed E-state index contributed by atoms with van der Waals surface area (Å²) in [6, 6.07) is 16.8. The van der Waals surface area contributed by atoms with Gasteiger partial charge in [-0.05, 0) is 48.6 Å². The lowest BCUT2D eigenvalue weighted by atomic mass is 9.72. The van der Waals surface area contributed by atoms with E-state index in [-0.39, 0.29) is 17.9 Å². The van der Waals surface area contributed by atoms with Gasteiger partial charge in [0.05, 0.1) is 16.3 Å². The number of anilines is 2. The standard InChI is InChI=1S/C21H22N4OS/c26-20-16-6-2-1-5-15(16)19(24-25-20)13-9-11-14(12-10-13)22-21-23-17-7-3-4-8-18(17)27-21/h3-4,7-12,15-16,19,24H,1-2,5-6H2,(H,22,23)(H,25,26). The van der Waals surface area contributed by atoms with Crippen molar-refractivity contribution >= 4 is 38.3 Å². The van der Waals surface area contributed by atoms with Gasteiger partial charge in [-0.25, -0.2) is 10.4 Å². The van der Waals surface area contributed by atoms with Crippen molar-refractivity contribution in [2.24, 2.45) is 11.8 Å². The molecular formula is C21H22N4OS. The summed E-state index contributed by atoms with van der Waals surface area (Å²) < 4.78 is 1.18. The second kappa shape index (κ2) is 6.94. The number of hydrogen-bond acceptors (Lipinski definition) is 5. The predicted molar refractivity (Wildman–Crippen MR) is 109 cm³/mol. The van der Waals surface area contributed by atoms with Gasteiger partial charge >= 0.3 is 0 Å². The fraction of sp³-hybridized carbons (Fsp3) is 0.333. The number of rotatable bonds is 3. The van der Waals surface area contributed by atoms with Crippen LogP contribution >= 0.6 is 11.3 Å². The molecule has 2 aliphatic rings. The van der Waals surface area contributed by atoms with Crippen molar-refractivity contribution < 1.29 is 4.79 Å². The summed E-state index contributed by atoms with van der Waals surface area (Å²) in [5.74, 6) is 0.686. The number of aromatic nitrogens is 1. The third-order valence-electron chi connectivity index (χ3n) is 5.75. The summed E-state index contributed by atoms with van der Waals surface area (Å²) in [7, 11) is 0. The monoisotopic (exact) mass is 378 g/mol. The number of fused-ring (bicyclic) bond motifs is 2. The quantitative estimate of drug-likeness (QED) is 0.627. The summed E-state index contributed by atoms with van der Waals surface area (Å²) in [5.41, 5.74) is 9.40. The van der Waals surface area contributed by atoms with Crippen LogP contribution < -0.4 is 16.2 Å². The normalized spacial score (nSPS) is 25.0. The lowest BCUT2D eigenvalue weighted by Crippen LogP contribution is -2.55. The largest absolute Gasteiger partial charge is 0.332 e. The van der Waals surface area contributed by atoms with Crippen LogP contribution in [0.2, 0.25) is 0 Å². The summed E-state index contributed by atoms with van der Waals surface area (Å²) in [4.78, 5) is 16.8. The maximum absolute atomic E-state index is 12.1. The molecule has 1 amide bonds. The van der Waals surface area contributed by atoms with Gasteiger partial charge in [0.2, 0.25) is 5.91 Å². The lowest BCUT2D eigenvalue weighted by molar-refractivity contribution is -0.133. The SMILES string of the molecule is O=C1NNC(c2ccc(Nc3nc4ccccc4s3)cc2)C2CCCCC12. The molecule has 3 N–H and O–H groups in total. The number of para-hydroxylation sites is 1. The van der Waals surface area contributed by atoms with E-state index >= 15 is 0 Å². The van der Waals surface area contributed by atoms with E-state index in [2.05, 4.69) is 51.5 Å². The zero-order valence-electron chi connectivity index (χ0n) is 14.9. The number of benzene rings is 2. The Balaban J connectivity index is 1.34. The first-order valence-corrected chi connectivity index (χ1v) is 10.4. The Hall–Kier alpha value is -2.44. The van der Waals surface area contributed by atoms with E-state index in [1.807, 2.05) is 18.2 Å². The minimum absolute atomic E-state index is 0.144. The molecule has 1 aromatic heterocycles. The van der Waals surface area contributed by atoms with E-state index in [0.717, 1.165) is 35.6 Å². The number of nitrogens with one attached hydrogen (secondary N) is 3. The Bertz CT molecular complexity index is 935. The highest BCUT2D eigenvalue weighted by Crippen LogP contribution is 2.40. The molecule has 0 spiro atoms. The van der Waals surface area contributed by atoms with E-state index in [1.165, 1.54) is 16.7 Å². The average Bonchev–Trinajstić information content (AvgIpc) is 3.12. The first-order valence-electron chi connectivity index (χ1n) is 9.56. The Kier molecular flexibility index (Phi) is 4.30. The van der Waals surface area contributed by atoms with Crippen LogP contribution in [0.15, 0.2) is 48.5 Å². The summed E-state index contributed by atoms with van der Waals surface area (Å²) >= 11 is 1.66. The molecule has 3 atom stereocenters. The summed E-state index contributed by atoms with van der Waals surface area (Å²) in [5, 5.41) is 4.31. The molecule has 1 aliphatic heterocycles. The molecular weight excluding hydrogens is 356 g/mol. The molecule has 0 bridgehead atoms. The Morgan fingerprint density at radius 2 is 1.85 bits per heavy atom. The molecule has 27 heavy (non-hydrogen) atoms. The van der Waals surface area contributed by atoms with Gasteiger partial charge in [0, 0.05) is 11.6 Å². The summed E-state index contributed by atoms with van der Waals surface area (Å²) in [6.07, 6.45) is 4.49. The van der Waals surface area contributed by atoms with Gasteiger partial charge in [-0.1, -0.05) is 48.4 Å². The molecule has 1 saturated carbocycles. The molecule has 3 aromatic rings. The number of amides is 1. The third kappa shape index (κ3) is 3.19. The molecule has 2 heterocycles. The van der Waals surface area contributed by atoms with Gasteiger partial charge in [0.25, 0.3) is 0 Å². The molecule has 1 aliphatic carbocycles. The van der Waals surface area contributed by atoms with E-state index in [9.17, 15) is 4.79 Å². The van der Waals surface area contributed by atoms with Gasteiger partial charge in [-0.2, -0.15) is 0 Å². The van der Waals surface area contributed by atoms with Crippen LogP contribution in [0.5, 0.6) is 0 Å². The van der Waals surface area contributed by atoms with E-state index in [4.69, 9.17) is 0 Å². The molecule has 6 heteroatoms. The zero-order chi connectivity index (χ0) is 18.2. The number of hydrogen-bond donors (Lipinski definition) is 3. The molecule has 5 rings (SSSR count). The van der Waals surface area contributed by atoms with Crippen LogP contribution in [0.4, 0.5) is 10.8 Å². The number of carbonyl (C=O) groups is 1. The van der Waals surface area contributed by atoms with Crippen molar-refractivity contribution in [2.45, 2.75) is 31.7 Å². The van der Waals surface area contributed by atoms with Crippen LogP contribution in [-0.2, 0) is 4.79 Å². The second-order valence-electron chi connectivity index (χ2n) is 7.40. The van der Waals surface area contributed by atoms with E-state index in [1.54, 1.807) is 11.3 Å². The van der Waals surface area contributed by atoms with Gasteiger partial charge in [0.1, 0.15) is 0 Å². The van der Waals surface area contributed by atoms with Crippen molar-refractivity contribution in [3.63, 3.8) is 0 Å². The van der Waals surface area contributed by atoms with Crippen LogP contribution in [0.25, 0.3) is 10.2 Å². The van der Waals surface area contributed by atoms with Crippen LogP contribution in [0, 0.1) is 11.8 Å². The van der Waals surface area contributed by atoms with E-state index < -0.39 is 0 Å². The summed E-state index contributed by atoms with van der Waals surface area (Å²) in [6.45, 7) is 0. The van der Waals surface area contributed by atoms with Gasteiger partial charge < -0.3 is 5.32 Å². The van der Waals surface area contributed by atoms with Crippen molar-refractivity contribution in [1.29, 1.82) is 0 Å². The van der Waals surface area contributed by atoms with Crippen LogP contribution in [0.3, 0.4) is 0 Å². The molecule has 3 unspecified atom stereocenters. The molecule has 5 nitrogen and oxygen atoms in total. The van der Waals surface area contributed by atoms with Crippen molar-refractivity contribution in [2.75, 3.05) is 5.32 Å². The Labute approximate surface area is 162 Å². The molecule has 1 saturated heterocycles. The predicted octanol–water partition coefficient (Wildman–Crippen LogP) is 4.52. The molecule has 2 fully saturated rings. The number of nitrogens with zero attached hydrogens (tertiary/aromatic N) is 1. The average molecular weight is 379 g/mol. The maximum atomic E-state index is 12.1. The lowest BCUT2D eigenvalue weighted by Gasteiger charge is -2.41. The number of hydrazine groups is 1. The Morgan fingerprint density at radius 3 is 2.70 bits per heavy atom. The van der Waals surface area contributed by atoms with E-state index in [0.29, 0.717) is 5.92 Å². The van der Waals surface area contributed by atoms with Crippen LogP contribution in [0.1, 0.15) is 37.3 Å². The topological polar surface area (TPSA) is 66.1 Å². The number of carbonyl (C=O) groups excluding carboxylic acids is 1. The van der Waals surface area contributed by atoms with Crippen molar-refractivity contribution in [1.82, 2.24) is 15.8 Å². The van der Waals surface area contributed by atoms with Gasteiger partial charge in [-0.15, -0.1) is 0 Å².